The Morgan fingerprint density at radius 2 is 1.17 bits per heavy atom. The SMILES string of the molecule is c1cc(C2=N[C@@H](c3ccncc3)[C@H](c3ccncc3)O2)ccn1. The summed E-state index contributed by atoms with van der Waals surface area (Å²) in [6.45, 7) is 0. The van der Waals surface area contributed by atoms with Gasteiger partial charge in [0.05, 0.1) is 0 Å². The predicted octanol–water partition coefficient (Wildman–Crippen LogP) is 3.13. The molecule has 0 unspecified atom stereocenters. The van der Waals surface area contributed by atoms with Crippen LogP contribution in [0.15, 0.2) is 78.6 Å². The van der Waals surface area contributed by atoms with E-state index in [1.165, 1.54) is 0 Å². The fourth-order valence-corrected chi connectivity index (χ4v) is 2.66. The molecule has 0 N–H and O–H groups in total. The first kappa shape index (κ1) is 13.6. The van der Waals surface area contributed by atoms with Crippen LogP contribution in [0.5, 0.6) is 0 Å². The Morgan fingerprint density at radius 3 is 1.78 bits per heavy atom. The van der Waals surface area contributed by atoms with Crippen molar-refractivity contribution < 1.29 is 4.74 Å². The largest absolute Gasteiger partial charge is 0.467 e. The molecule has 3 aromatic rings. The fourth-order valence-electron chi connectivity index (χ4n) is 2.66. The van der Waals surface area contributed by atoms with Crippen LogP contribution in [0.1, 0.15) is 28.8 Å². The van der Waals surface area contributed by atoms with Crippen LogP contribution in [-0.2, 0) is 4.74 Å². The lowest BCUT2D eigenvalue weighted by atomic mass is 9.98. The highest BCUT2D eigenvalue weighted by molar-refractivity contribution is 5.95. The van der Waals surface area contributed by atoms with Crippen LogP contribution in [-0.4, -0.2) is 20.8 Å². The molecule has 1 aliphatic rings. The standard InChI is InChI=1S/C18H14N4O/c1-7-19-8-2-13(1)16-17(14-3-9-20-10-4-14)23-18(22-16)15-5-11-21-12-6-15/h1-12,16-17H/t16-,17-/m0/s1. The molecular formula is C18H14N4O. The predicted molar refractivity (Wildman–Crippen MR) is 85.8 cm³/mol. The van der Waals surface area contributed by atoms with Gasteiger partial charge in [0, 0.05) is 42.7 Å². The van der Waals surface area contributed by atoms with E-state index in [0.29, 0.717) is 5.90 Å². The van der Waals surface area contributed by atoms with Gasteiger partial charge >= 0.3 is 0 Å². The first-order chi connectivity index (χ1) is 11.4. The topological polar surface area (TPSA) is 60.3 Å². The van der Waals surface area contributed by atoms with Crippen LogP contribution in [0.3, 0.4) is 0 Å². The van der Waals surface area contributed by atoms with E-state index in [2.05, 4.69) is 15.0 Å². The molecule has 1 aliphatic heterocycles. The van der Waals surface area contributed by atoms with E-state index in [9.17, 15) is 0 Å². The summed E-state index contributed by atoms with van der Waals surface area (Å²) in [6.07, 6.45) is 10.4. The summed E-state index contributed by atoms with van der Waals surface area (Å²) in [7, 11) is 0. The molecule has 0 bridgehead atoms. The molecule has 0 saturated heterocycles. The third kappa shape index (κ3) is 2.68. The number of pyridine rings is 3. The summed E-state index contributed by atoms with van der Waals surface area (Å²) < 4.78 is 6.17. The van der Waals surface area contributed by atoms with E-state index in [1.807, 2.05) is 36.4 Å². The summed E-state index contributed by atoms with van der Waals surface area (Å²) in [5.74, 6) is 0.635. The van der Waals surface area contributed by atoms with Crippen molar-refractivity contribution in [3.05, 3.63) is 90.3 Å². The zero-order valence-electron chi connectivity index (χ0n) is 12.3. The summed E-state index contributed by atoms with van der Waals surface area (Å²) in [6, 6.07) is 11.6. The average Bonchev–Trinajstić information content (AvgIpc) is 3.09. The molecule has 3 aromatic heterocycles. The van der Waals surface area contributed by atoms with Gasteiger partial charge in [-0.2, -0.15) is 0 Å². The van der Waals surface area contributed by atoms with Crippen LogP contribution in [0.2, 0.25) is 0 Å². The minimum atomic E-state index is -0.177. The van der Waals surface area contributed by atoms with Gasteiger partial charge in [0.2, 0.25) is 5.90 Å². The second kappa shape index (κ2) is 5.96. The summed E-state index contributed by atoms with van der Waals surface area (Å²) in [4.78, 5) is 17.0. The highest BCUT2D eigenvalue weighted by Gasteiger charge is 2.34. The highest BCUT2D eigenvalue weighted by Crippen LogP contribution is 2.40. The van der Waals surface area contributed by atoms with Crippen LogP contribution in [0.4, 0.5) is 0 Å². The van der Waals surface area contributed by atoms with Gasteiger partial charge in [0.15, 0.2) is 6.10 Å². The van der Waals surface area contributed by atoms with Gasteiger partial charge < -0.3 is 4.74 Å². The molecule has 0 aromatic carbocycles. The van der Waals surface area contributed by atoms with Crippen molar-refractivity contribution in [2.45, 2.75) is 12.1 Å². The molecule has 0 aliphatic carbocycles. The number of ether oxygens (including phenoxy) is 1. The van der Waals surface area contributed by atoms with Gasteiger partial charge in [0.1, 0.15) is 6.04 Å². The molecule has 5 heteroatoms. The van der Waals surface area contributed by atoms with Crippen molar-refractivity contribution in [1.82, 2.24) is 15.0 Å². The molecule has 112 valence electrons. The Morgan fingerprint density at radius 1 is 0.652 bits per heavy atom. The Kier molecular flexibility index (Phi) is 3.52. The smallest absolute Gasteiger partial charge is 0.217 e. The van der Waals surface area contributed by atoms with E-state index in [1.54, 1.807) is 37.2 Å². The maximum Gasteiger partial charge on any atom is 0.217 e. The van der Waals surface area contributed by atoms with Crippen LogP contribution >= 0.6 is 0 Å². The van der Waals surface area contributed by atoms with Gasteiger partial charge in [-0.15, -0.1) is 0 Å². The molecule has 2 atom stereocenters. The molecule has 0 radical (unpaired) electrons. The van der Waals surface area contributed by atoms with Crippen molar-refractivity contribution in [2.24, 2.45) is 4.99 Å². The maximum absolute atomic E-state index is 6.17. The first-order valence-electron chi connectivity index (χ1n) is 7.36. The number of rotatable bonds is 3. The Balaban J connectivity index is 1.75. The summed E-state index contributed by atoms with van der Waals surface area (Å²) >= 11 is 0. The van der Waals surface area contributed by atoms with Gasteiger partial charge in [-0.1, -0.05) is 0 Å². The number of aromatic nitrogens is 3. The summed E-state index contributed by atoms with van der Waals surface area (Å²) in [5, 5.41) is 0. The van der Waals surface area contributed by atoms with E-state index >= 15 is 0 Å². The Bertz CT molecular complexity index is 806. The van der Waals surface area contributed by atoms with Gasteiger partial charge in [-0.05, 0) is 47.5 Å². The minimum Gasteiger partial charge on any atom is -0.467 e. The molecule has 4 rings (SSSR count). The van der Waals surface area contributed by atoms with E-state index in [-0.39, 0.29) is 12.1 Å². The number of nitrogens with zero attached hydrogens (tertiary/aromatic N) is 4. The zero-order chi connectivity index (χ0) is 15.5. The molecular weight excluding hydrogens is 288 g/mol. The van der Waals surface area contributed by atoms with Crippen LogP contribution in [0, 0.1) is 0 Å². The lowest BCUT2D eigenvalue weighted by molar-refractivity contribution is 0.197. The Hall–Kier alpha value is -3.08. The van der Waals surface area contributed by atoms with Crippen molar-refractivity contribution >= 4 is 5.90 Å². The highest BCUT2D eigenvalue weighted by atomic mass is 16.5. The van der Waals surface area contributed by atoms with Crippen molar-refractivity contribution in [2.75, 3.05) is 0 Å². The lowest BCUT2D eigenvalue weighted by Crippen LogP contribution is -2.09. The second-order valence-electron chi connectivity index (χ2n) is 5.21. The van der Waals surface area contributed by atoms with Gasteiger partial charge in [-0.3, -0.25) is 15.0 Å². The third-order valence-corrected chi connectivity index (χ3v) is 3.79. The first-order valence-corrected chi connectivity index (χ1v) is 7.36. The number of hydrogen-bond acceptors (Lipinski definition) is 5. The van der Waals surface area contributed by atoms with Gasteiger partial charge in [-0.25, -0.2) is 4.99 Å². The third-order valence-electron chi connectivity index (χ3n) is 3.79. The maximum atomic E-state index is 6.17. The molecule has 0 saturated carbocycles. The van der Waals surface area contributed by atoms with Crippen molar-refractivity contribution in [3.63, 3.8) is 0 Å². The number of aliphatic imine (C=N–C) groups is 1. The molecule has 0 spiro atoms. The average molecular weight is 302 g/mol. The van der Waals surface area contributed by atoms with E-state index in [4.69, 9.17) is 9.73 Å². The van der Waals surface area contributed by atoms with Crippen LogP contribution < -0.4 is 0 Å². The molecule has 0 amide bonds. The zero-order valence-corrected chi connectivity index (χ0v) is 12.3. The molecule has 5 nitrogen and oxygen atoms in total. The Labute approximate surface area is 133 Å². The molecule has 4 heterocycles. The van der Waals surface area contributed by atoms with Gasteiger partial charge in [0.25, 0.3) is 0 Å². The van der Waals surface area contributed by atoms with Crippen molar-refractivity contribution in [1.29, 1.82) is 0 Å². The minimum absolute atomic E-state index is 0.108. The monoisotopic (exact) mass is 302 g/mol. The second-order valence-corrected chi connectivity index (χ2v) is 5.21. The number of hydrogen-bond donors (Lipinski definition) is 0. The van der Waals surface area contributed by atoms with Crippen LogP contribution in [0.25, 0.3) is 0 Å². The fraction of sp³-hybridized carbons (Fsp3) is 0.111. The quantitative estimate of drug-likeness (QED) is 0.746. The normalized spacial score (nSPS) is 19.9. The molecule has 0 fully saturated rings. The lowest BCUT2D eigenvalue weighted by Gasteiger charge is -2.18. The summed E-state index contributed by atoms with van der Waals surface area (Å²) in [5.41, 5.74) is 3.05. The van der Waals surface area contributed by atoms with E-state index < -0.39 is 0 Å². The van der Waals surface area contributed by atoms with E-state index in [0.717, 1.165) is 16.7 Å². The molecule has 23 heavy (non-hydrogen) atoms. The van der Waals surface area contributed by atoms with Crippen molar-refractivity contribution in [3.8, 4) is 0 Å².